The first-order valence-corrected chi connectivity index (χ1v) is 4.98. The summed E-state index contributed by atoms with van der Waals surface area (Å²) in [6.07, 6.45) is 1.12. The van der Waals surface area contributed by atoms with Gasteiger partial charge in [-0.3, -0.25) is 0 Å². The quantitative estimate of drug-likeness (QED) is 0.562. The fourth-order valence-electron chi connectivity index (χ4n) is 1.34. The molecule has 0 amide bonds. The standard InChI is InChI=1S/C9H14OS/c1-7(2)9(3)4-5-11-8(9)6-10/h7H,4-5H2,1-3H3. The van der Waals surface area contributed by atoms with Crippen molar-refractivity contribution >= 4 is 17.7 Å². The van der Waals surface area contributed by atoms with E-state index in [9.17, 15) is 4.79 Å². The Labute approximate surface area is 72.2 Å². The fraction of sp³-hybridized carbons (Fsp3) is 0.778. The largest absolute Gasteiger partial charge is 0.233 e. The molecule has 1 heterocycles. The summed E-state index contributed by atoms with van der Waals surface area (Å²) < 4.78 is 0. The van der Waals surface area contributed by atoms with Crippen LogP contribution < -0.4 is 0 Å². The Morgan fingerprint density at radius 3 is 2.64 bits per heavy atom. The summed E-state index contributed by atoms with van der Waals surface area (Å²) in [7, 11) is 0. The molecule has 62 valence electrons. The summed E-state index contributed by atoms with van der Waals surface area (Å²) in [4.78, 5) is 11.5. The Morgan fingerprint density at radius 1 is 1.64 bits per heavy atom. The number of hydrogen-bond donors (Lipinski definition) is 0. The lowest BCUT2D eigenvalue weighted by atomic mass is 9.77. The lowest BCUT2D eigenvalue weighted by Gasteiger charge is -2.27. The summed E-state index contributed by atoms with van der Waals surface area (Å²) in [6, 6.07) is 0. The fourth-order valence-corrected chi connectivity index (χ4v) is 2.80. The van der Waals surface area contributed by atoms with E-state index >= 15 is 0 Å². The second kappa shape index (κ2) is 3.04. The number of allylic oxidation sites excluding steroid dienone is 1. The van der Waals surface area contributed by atoms with Gasteiger partial charge in [-0.05, 0) is 18.1 Å². The first-order valence-electron chi connectivity index (χ1n) is 3.99. The van der Waals surface area contributed by atoms with Crippen LogP contribution in [-0.2, 0) is 4.79 Å². The lowest BCUT2D eigenvalue weighted by Crippen LogP contribution is -2.21. The van der Waals surface area contributed by atoms with E-state index in [1.54, 1.807) is 11.8 Å². The molecule has 0 aliphatic carbocycles. The minimum absolute atomic E-state index is 0.117. The third kappa shape index (κ3) is 1.38. The van der Waals surface area contributed by atoms with Gasteiger partial charge in [0, 0.05) is 5.41 Å². The van der Waals surface area contributed by atoms with E-state index in [4.69, 9.17) is 0 Å². The molecule has 2 heteroatoms. The minimum atomic E-state index is 0.117. The molecule has 0 bridgehead atoms. The Bertz CT molecular complexity index is 204. The molecule has 0 aromatic heterocycles. The van der Waals surface area contributed by atoms with Crippen molar-refractivity contribution < 1.29 is 4.79 Å². The molecule has 0 N–H and O–H groups in total. The molecule has 1 atom stereocenters. The minimum Gasteiger partial charge on any atom is -0.233 e. The molecule has 0 spiro atoms. The molecular weight excluding hydrogens is 156 g/mol. The Balaban J connectivity index is 2.93. The van der Waals surface area contributed by atoms with Crippen molar-refractivity contribution in [1.29, 1.82) is 0 Å². The molecule has 0 aromatic carbocycles. The second-order valence-electron chi connectivity index (χ2n) is 3.60. The van der Waals surface area contributed by atoms with Gasteiger partial charge in [0.2, 0.25) is 0 Å². The molecule has 0 radical (unpaired) electrons. The number of hydrogen-bond acceptors (Lipinski definition) is 2. The molecule has 1 fully saturated rings. The first-order chi connectivity index (χ1) is 5.11. The van der Waals surface area contributed by atoms with Gasteiger partial charge in [-0.15, -0.1) is 11.8 Å². The Kier molecular flexibility index (Phi) is 2.46. The maximum absolute atomic E-state index is 10.5. The van der Waals surface area contributed by atoms with E-state index in [2.05, 4.69) is 26.7 Å². The summed E-state index contributed by atoms with van der Waals surface area (Å²) in [6.45, 7) is 6.50. The monoisotopic (exact) mass is 170 g/mol. The van der Waals surface area contributed by atoms with Gasteiger partial charge in [0.15, 0.2) is 0 Å². The van der Waals surface area contributed by atoms with Crippen LogP contribution in [0.3, 0.4) is 0 Å². The van der Waals surface area contributed by atoms with Crippen molar-refractivity contribution in [3.05, 3.63) is 4.91 Å². The third-order valence-electron chi connectivity index (χ3n) is 2.75. The van der Waals surface area contributed by atoms with Crippen molar-refractivity contribution in [1.82, 2.24) is 0 Å². The van der Waals surface area contributed by atoms with E-state index in [-0.39, 0.29) is 5.41 Å². The first kappa shape index (κ1) is 8.89. The maximum atomic E-state index is 10.5. The van der Waals surface area contributed by atoms with Gasteiger partial charge >= 0.3 is 0 Å². The molecule has 0 aromatic rings. The van der Waals surface area contributed by atoms with Crippen LogP contribution in [0.2, 0.25) is 0 Å². The van der Waals surface area contributed by atoms with Gasteiger partial charge in [0.05, 0.1) is 4.91 Å². The predicted molar refractivity (Wildman–Crippen MR) is 49.2 cm³/mol. The highest BCUT2D eigenvalue weighted by molar-refractivity contribution is 8.03. The van der Waals surface area contributed by atoms with Crippen LogP contribution >= 0.6 is 11.8 Å². The normalized spacial score (nSPS) is 31.1. The van der Waals surface area contributed by atoms with Gasteiger partial charge in [-0.25, -0.2) is 4.79 Å². The highest BCUT2D eigenvalue weighted by Gasteiger charge is 2.38. The molecule has 1 saturated heterocycles. The molecular formula is C9H14OS. The molecule has 1 aliphatic heterocycles. The molecule has 0 saturated carbocycles. The van der Waals surface area contributed by atoms with Crippen LogP contribution in [0.15, 0.2) is 4.91 Å². The topological polar surface area (TPSA) is 17.1 Å². The zero-order chi connectivity index (χ0) is 8.48. The van der Waals surface area contributed by atoms with E-state index in [1.165, 1.54) is 0 Å². The van der Waals surface area contributed by atoms with Crippen LogP contribution in [0.4, 0.5) is 0 Å². The van der Waals surface area contributed by atoms with Crippen molar-refractivity contribution in [3.63, 3.8) is 0 Å². The van der Waals surface area contributed by atoms with Gasteiger partial charge in [-0.2, -0.15) is 0 Å². The summed E-state index contributed by atoms with van der Waals surface area (Å²) in [5.74, 6) is 3.70. The maximum Gasteiger partial charge on any atom is 0.135 e. The smallest absolute Gasteiger partial charge is 0.135 e. The van der Waals surface area contributed by atoms with E-state index in [1.807, 2.05) is 0 Å². The van der Waals surface area contributed by atoms with Crippen molar-refractivity contribution in [2.24, 2.45) is 11.3 Å². The zero-order valence-electron chi connectivity index (χ0n) is 7.31. The summed E-state index contributed by atoms with van der Waals surface area (Å²) in [5, 5.41) is 0. The third-order valence-corrected chi connectivity index (χ3v) is 4.00. The average molecular weight is 170 g/mol. The van der Waals surface area contributed by atoms with Crippen LogP contribution in [0, 0.1) is 11.3 Å². The zero-order valence-corrected chi connectivity index (χ0v) is 8.12. The van der Waals surface area contributed by atoms with E-state index in [0.29, 0.717) is 5.92 Å². The average Bonchev–Trinajstić information content (AvgIpc) is 2.32. The van der Waals surface area contributed by atoms with Crippen LogP contribution in [0.25, 0.3) is 0 Å². The van der Waals surface area contributed by atoms with Gasteiger partial charge in [0.1, 0.15) is 5.94 Å². The summed E-state index contributed by atoms with van der Waals surface area (Å²) in [5.41, 5.74) is 0.117. The van der Waals surface area contributed by atoms with Crippen LogP contribution in [-0.4, -0.2) is 11.7 Å². The molecule has 1 nitrogen and oxygen atoms in total. The molecule has 1 rings (SSSR count). The van der Waals surface area contributed by atoms with E-state index < -0.39 is 0 Å². The van der Waals surface area contributed by atoms with Gasteiger partial charge in [0.25, 0.3) is 0 Å². The van der Waals surface area contributed by atoms with Gasteiger partial charge < -0.3 is 0 Å². The van der Waals surface area contributed by atoms with E-state index in [0.717, 1.165) is 17.1 Å². The van der Waals surface area contributed by atoms with Crippen molar-refractivity contribution in [3.8, 4) is 0 Å². The highest BCUT2D eigenvalue weighted by Crippen LogP contribution is 2.49. The number of carbonyl (C=O) groups excluding carboxylic acids is 1. The summed E-state index contributed by atoms with van der Waals surface area (Å²) >= 11 is 1.67. The van der Waals surface area contributed by atoms with Crippen LogP contribution in [0.5, 0.6) is 0 Å². The SMILES string of the molecule is CC(C)C1(C)CCSC1=C=O. The Morgan fingerprint density at radius 2 is 2.27 bits per heavy atom. The molecule has 1 aliphatic rings. The van der Waals surface area contributed by atoms with Crippen molar-refractivity contribution in [2.45, 2.75) is 27.2 Å². The predicted octanol–water partition coefficient (Wildman–Crippen LogP) is 2.50. The second-order valence-corrected chi connectivity index (χ2v) is 4.71. The highest BCUT2D eigenvalue weighted by atomic mass is 32.2. The number of thioether (sulfide) groups is 1. The molecule has 1 unspecified atom stereocenters. The van der Waals surface area contributed by atoms with Crippen LogP contribution in [0.1, 0.15) is 27.2 Å². The number of rotatable bonds is 1. The molecule has 11 heavy (non-hydrogen) atoms. The lowest BCUT2D eigenvalue weighted by molar-refractivity contribution is 0.293. The van der Waals surface area contributed by atoms with Gasteiger partial charge in [-0.1, -0.05) is 20.8 Å². The Hall–Kier alpha value is -0.200. The van der Waals surface area contributed by atoms with Crippen molar-refractivity contribution in [2.75, 3.05) is 5.75 Å².